The van der Waals surface area contributed by atoms with E-state index in [1.54, 1.807) is 0 Å². The van der Waals surface area contributed by atoms with Gasteiger partial charge in [0.25, 0.3) is 0 Å². The second-order valence-corrected chi connectivity index (χ2v) is 4.31. The van der Waals surface area contributed by atoms with E-state index in [4.69, 9.17) is 5.73 Å². The summed E-state index contributed by atoms with van der Waals surface area (Å²) in [6, 6.07) is 14.3. The molecule has 0 atom stereocenters. The van der Waals surface area contributed by atoms with Crippen LogP contribution in [0.4, 0.5) is 5.69 Å². The van der Waals surface area contributed by atoms with E-state index in [0.29, 0.717) is 0 Å². The van der Waals surface area contributed by atoms with Crippen LogP contribution in [-0.4, -0.2) is 15.7 Å². The third-order valence-corrected chi connectivity index (χ3v) is 2.93. The van der Waals surface area contributed by atoms with Crippen LogP contribution in [-0.2, 0) is 0 Å². The first-order valence-corrected chi connectivity index (χ1v) is 5.76. The molecule has 2 aromatic rings. The smallest absolute Gasteiger partial charge is 0.140 e. The maximum Gasteiger partial charge on any atom is 0.140 e. The lowest BCUT2D eigenvalue weighted by molar-refractivity contribution is 1.69. The molecule has 0 aliphatic rings. The molecular formula is C14H15B2N. The SMILES string of the molecule is Bc1ccccc1/C=C\c1cc(N)ccc1B. The number of nitrogens with two attached hydrogens (primary N) is 1. The molecular weight excluding hydrogens is 204 g/mol. The van der Waals surface area contributed by atoms with Crippen LogP contribution in [0.15, 0.2) is 42.5 Å². The van der Waals surface area contributed by atoms with Gasteiger partial charge in [-0.15, -0.1) is 0 Å². The van der Waals surface area contributed by atoms with Crippen molar-refractivity contribution in [1.29, 1.82) is 0 Å². The lowest BCUT2D eigenvalue weighted by atomic mass is 9.88. The van der Waals surface area contributed by atoms with Crippen LogP contribution in [0.2, 0.25) is 0 Å². The molecule has 3 heteroatoms. The van der Waals surface area contributed by atoms with Gasteiger partial charge in [-0.2, -0.15) is 0 Å². The lowest BCUT2D eigenvalue weighted by Crippen LogP contribution is -2.08. The highest BCUT2D eigenvalue weighted by molar-refractivity contribution is 6.35. The van der Waals surface area contributed by atoms with E-state index in [0.717, 1.165) is 5.69 Å². The largest absolute Gasteiger partial charge is 0.399 e. The van der Waals surface area contributed by atoms with Gasteiger partial charge in [-0.25, -0.2) is 0 Å². The van der Waals surface area contributed by atoms with Gasteiger partial charge in [0, 0.05) is 5.69 Å². The van der Waals surface area contributed by atoms with Gasteiger partial charge in [0.1, 0.15) is 15.7 Å². The van der Waals surface area contributed by atoms with Crippen LogP contribution in [0.25, 0.3) is 12.2 Å². The van der Waals surface area contributed by atoms with Gasteiger partial charge >= 0.3 is 0 Å². The maximum atomic E-state index is 5.79. The van der Waals surface area contributed by atoms with Crippen molar-refractivity contribution in [3.63, 3.8) is 0 Å². The molecule has 0 unspecified atom stereocenters. The van der Waals surface area contributed by atoms with Gasteiger partial charge in [-0.05, 0) is 23.3 Å². The number of anilines is 1. The molecule has 0 spiro atoms. The Labute approximate surface area is 104 Å². The third-order valence-electron chi connectivity index (χ3n) is 2.93. The summed E-state index contributed by atoms with van der Waals surface area (Å²) in [5, 5.41) is 0. The fourth-order valence-electron chi connectivity index (χ4n) is 1.79. The van der Waals surface area contributed by atoms with Crippen molar-refractivity contribution in [2.75, 3.05) is 5.73 Å². The molecule has 0 amide bonds. The molecule has 82 valence electrons. The summed E-state index contributed by atoms with van der Waals surface area (Å²) in [6.45, 7) is 0. The average Bonchev–Trinajstić information content (AvgIpc) is 2.32. The zero-order valence-electron chi connectivity index (χ0n) is 10.3. The molecule has 2 N–H and O–H groups in total. The summed E-state index contributed by atoms with van der Waals surface area (Å²) in [4.78, 5) is 0. The first kappa shape index (κ1) is 11.6. The summed E-state index contributed by atoms with van der Waals surface area (Å²) >= 11 is 0. The highest BCUT2D eigenvalue weighted by Gasteiger charge is 1.95. The second-order valence-electron chi connectivity index (χ2n) is 4.31. The molecule has 0 aliphatic carbocycles. The zero-order valence-corrected chi connectivity index (χ0v) is 10.3. The Morgan fingerprint density at radius 1 is 0.824 bits per heavy atom. The molecule has 17 heavy (non-hydrogen) atoms. The Hall–Kier alpha value is -1.89. The quantitative estimate of drug-likeness (QED) is 0.428. The van der Waals surface area contributed by atoms with Crippen molar-refractivity contribution in [2.24, 2.45) is 0 Å². The monoisotopic (exact) mass is 219 g/mol. The average molecular weight is 219 g/mol. The first-order chi connectivity index (χ1) is 8.16. The Morgan fingerprint density at radius 3 is 2.24 bits per heavy atom. The predicted molar refractivity (Wildman–Crippen MR) is 82.6 cm³/mol. The molecule has 2 rings (SSSR count). The van der Waals surface area contributed by atoms with Crippen LogP contribution in [0.3, 0.4) is 0 Å². The van der Waals surface area contributed by atoms with Gasteiger partial charge in [0.15, 0.2) is 0 Å². The van der Waals surface area contributed by atoms with Gasteiger partial charge in [0.05, 0.1) is 0 Å². The van der Waals surface area contributed by atoms with Crippen molar-refractivity contribution >= 4 is 44.5 Å². The van der Waals surface area contributed by atoms with Crippen molar-refractivity contribution in [3.8, 4) is 0 Å². The molecule has 0 saturated heterocycles. The molecule has 0 aliphatic heterocycles. The summed E-state index contributed by atoms with van der Waals surface area (Å²) < 4.78 is 0. The van der Waals surface area contributed by atoms with E-state index in [1.807, 2.05) is 18.2 Å². The number of nitrogen functional groups attached to an aromatic ring is 1. The standard InChI is InChI=1S/C14H15B2N/c15-13-4-2-1-3-10(13)5-6-11-9-12(17)7-8-14(11)16/h1-9H,15-17H2/b6-5-. The Kier molecular flexibility index (Phi) is 3.38. The maximum absolute atomic E-state index is 5.79. The topological polar surface area (TPSA) is 26.0 Å². The van der Waals surface area contributed by atoms with Crippen molar-refractivity contribution in [3.05, 3.63) is 53.6 Å². The van der Waals surface area contributed by atoms with E-state index in [9.17, 15) is 0 Å². The highest BCUT2D eigenvalue weighted by Crippen LogP contribution is 2.08. The molecule has 0 fully saturated rings. The van der Waals surface area contributed by atoms with Gasteiger partial charge < -0.3 is 5.73 Å². The minimum atomic E-state index is 0.806. The van der Waals surface area contributed by atoms with Crippen LogP contribution < -0.4 is 16.7 Å². The van der Waals surface area contributed by atoms with E-state index in [2.05, 4.69) is 52.1 Å². The number of rotatable bonds is 2. The summed E-state index contributed by atoms with van der Waals surface area (Å²) in [5.74, 6) is 0. The van der Waals surface area contributed by atoms with E-state index in [-0.39, 0.29) is 0 Å². The first-order valence-electron chi connectivity index (χ1n) is 5.76. The minimum Gasteiger partial charge on any atom is -0.399 e. The zero-order chi connectivity index (χ0) is 12.3. The Morgan fingerprint density at radius 2 is 1.47 bits per heavy atom. The van der Waals surface area contributed by atoms with Crippen LogP contribution in [0, 0.1) is 0 Å². The number of hydrogen-bond acceptors (Lipinski definition) is 1. The van der Waals surface area contributed by atoms with E-state index in [1.165, 1.54) is 22.1 Å². The second kappa shape index (κ2) is 4.96. The summed E-state index contributed by atoms with van der Waals surface area (Å²) in [6.07, 6.45) is 4.26. The fraction of sp³-hybridized carbons (Fsp3) is 0. The Balaban J connectivity index is 2.32. The van der Waals surface area contributed by atoms with Crippen molar-refractivity contribution < 1.29 is 0 Å². The molecule has 0 aromatic heterocycles. The van der Waals surface area contributed by atoms with Crippen molar-refractivity contribution in [2.45, 2.75) is 0 Å². The normalized spacial score (nSPS) is 10.8. The summed E-state index contributed by atoms with van der Waals surface area (Å²) in [5.41, 5.74) is 11.5. The number of benzene rings is 2. The van der Waals surface area contributed by atoms with Gasteiger partial charge in [-0.3, -0.25) is 0 Å². The van der Waals surface area contributed by atoms with Gasteiger partial charge in [0.2, 0.25) is 0 Å². The third kappa shape index (κ3) is 2.82. The van der Waals surface area contributed by atoms with Crippen molar-refractivity contribution in [1.82, 2.24) is 0 Å². The Bertz CT molecular complexity index is 562. The van der Waals surface area contributed by atoms with E-state index >= 15 is 0 Å². The van der Waals surface area contributed by atoms with E-state index < -0.39 is 0 Å². The fourth-order valence-corrected chi connectivity index (χ4v) is 1.79. The van der Waals surface area contributed by atoms with Crippen LogP contribution in [0.1, 0.15) is 11.1 Å². The predicted octanol–water partition coefficient (Wildman–Crippen LogP) is -0.0440. The molecule has 0 bridgehead atoms. The van der Waals surface area contributed by atoms with Gasteiger partial charge in [-0.1, -0.05) is 53.4 Å². The lowest BCUT2D eigenvalue weighted by Gasteiger charge is -2.03. The highest BCUT2D eigenvalue weighted by atomic mass is 14.5. The molecule has 0 heterocycles. The molecule has 0 saturated carbocycles. The molecule has 0 radical (unpaired) electrons. The molecule has 2 aromatic carbocycles. The summed E-state index contributed by atoms with van der Waals surface area (Å²) in [7, 11) is 4.21. The minimum absolute atomic E-state index is 0.806. The van der Waals surface area contributed by atoms with Crippen LogP contribution in [0.5, 0.6) is 0 Å². The van der Waals surface area contributed by atoms with Crippen LogP contribution >= 0.6 is 0 Å². The molecule has 1 nitrogen and oxygen atoms in total. The number of hydrogen-bond donors (Lipinski definition) is 1.